The van der Waals surface area contributed by atoms with Gasteiger partial charge in [0.1, 0.15) is 20.2 Å². The topological polar surface area (TPSA) is 220 Å². The van der Waals surface area contributed by atoms with Crippen LogP contribution >= 0.6 is 0 Å². The molecule has 0 rings (SSSR count). The van der Waals surface area contributed by atoms with Crippen LogP contribution in [0.4, 0.5) is 0 Å². The molecule has 0 aromatic carbocycles. The Morgan fingerprint density at radius 2 is 0.523 bits per heavy atom. The maximum Gasteiger partial charge on any atom is 2.00 e. The zero-order chi connectivity index (χ0) is 48.2. The van der Waals surface area contributed by atoms with Crippen molar-refractivity contribution in [3.63, 3.8) is 0 Å². The quantitative estimate of drug-likeness (QED) is 0.0182. The van der Waals surface area contributed by atoms with Gasteiger partial charge in [0, 0.05) is 0 Å². The second kappa shape index (κ2) is 48.0. The van der Waals surface area contributed by atoms with Crippen molar-refractivity contribution in [3.8, 4) is 0 Å². The molecular weight excluding hydrogens is 905 g/mol. The van der Waals surface area contributed by atoms with E-state index in [1.165, 1.54) is 103 Å². The smallest absolute Gasteiger partial charge is 0.747 e. The van der Waals surface area contributed by atoms with E-state index in [0.717, 1.165) is 77.0 Å². The molecule has 0 aliphatic heterocycles. The average Bonchev–Trinajstić information content (AvgIpc) is 3.24. The maximum atomic E-state index is 12.0. The zero-order valence-corrected chi connectivity index (χ0v) is 45.1. The fourth-order valence-electron chi connectivity index (χ4n) is 6.87. The summed E-state index contributed by atoms with van der Waals surface area (Å²) in [6.07, 6.45) is 32.8. The third-order valence-electron chi connectivity index (χ3n) is 10.9. The van der Waals surface area contributed by atoms with Crippen LogP contribution in [0.1, 0.15) is 246 Å². The van der Waals surface area contributed by atoms with Crippen molar-refractivity contribution < 1.29 is 64.1 Å². The molecule has 0 radical (unpaired) electrons. The molecule has 0 amide bonds. The first-order valence-electron chi connectivity index (χ1n) is 25.2. The minimum absolute atomic E-state index is 0. The fourth-order valence-corrected chi connectivity index (χ4v) is 8.16. The Bertz CT molecular complexity index is 1260. The molecule has 0 aliphatic rings. The van der Waals surface area contributed by atoms with E-state index in [1.54, 1.807) is 0 Å². The predicted molar refractivity (Wildman–Crippen MR) is 256 cm³/mol. The third-order valence-corrected chi connectivity index (χ3v) is 13.0. The maximum absolute atomic E-state index is 12.0. The molecule has 0 N–H and O–H groups in total. The van der Waals surface area contributed by atoms with Gasteiger partial charge in [0.2, 0.25) is 0 Å². The van der Waals surface area contributed by atoms with E-state index < -0.39 is 67.5 Å². The van der Waals surface area contributed by atoms with E-state index >= 15 is 0 Å². The summed E-state index contributed by atoms with van der Waals surface area (Å²) in [6, 6.07) is 0. The van der Waals surface area contributed by atoms with Crippen LogP contribution in [0.3, 0.4) is 0 Å². The minimum Gasteiger partial charge on any atom is -0.747 e. The zero-order valence-electron chi connectivity index (χ0n) is 41.3. The first-order chi connectivity index (χ1) is 30.6. The summed E-state index contributed by atoms with van der Waals surface area (Å²) in [7, 11) is -9.99. The average molecular weight is 995 g/mol. The molecule has 14 nitrogen and oxygen atoms in total. The van der Waals surface area contributed by atoms with Gasteiger partial charge in [-0.05, 0) is 25.7 Å². The van der Waals surface area contributed by atoms with Crippen LogP contribution in [0.2, 0.25) is 0 Å². The molecule has 0 spiro atoms. The van der Waals surface area contributed by atoms with Crippen molar-refractivity contribution in [2.45, 2.75) is 257 Å². The number of unbranched alkanes of at least 4 members (excludes halogenated alkanes) is 28. The largest absolute Gasteiger partial charge is 2.00 e. The van der Waals surface area contributed by atoms with Gasteiger partial charge in [0.15, 0.2) is 10.5 Å². The van der Waals surface area contributed by atoms with E-state index in [1.807, 2.05) is 0 Å². The van der Waals surface area contributed by atoms with Crippen LogP contribution in [-0.4, -0.2) is 124 Å². The normalized spacial score (nSPS) is 12.3. The molecular formula is C48H90CaO14S2. The first-order valence-corrected chi connectivity index (χ1v) is 28.1. The summed E-state index contributed by atoms with van der Waals surface area (Å²) < 4.78 is 88.5. The van der Waals surface area contributed by atoms with Crippen LogP contribution in [0, 0.1) is 0 Å². The van der Waals surface area contributed by atoms with E-state index in [9.17, 15) is 45.1 Å². The number of carbonyl (C=O) groups excluding carboxylic acids is 4. The molecule has 0 aromatic rings. The summed E-state index contributed by atoms with van der Waals surface area (Å²) in [5.41, 5.74) is 0. The van der Waals surface area contributed by atoms with Gasteiger partial charge in [0.25, 0.3) is 0 Å². The van der Waals surface area contributed by atoms with Gasteiger partial charge < -0.3 is 28.1 Å². The van der Waals surface area contributed by atoms with Crippen molar-refractivity contribution in [1.82, 2.24) is 0 Å². The summed E-state index contributed by atoms with van der Waals surface area (Å²) in [6.45, 7) is 9.10. The monoisotopic (exact) mass is 995 g/mol. The van der Waals surface area contributed by atoms with Crippen molar-refractivity contribution in [1.29, 1.82) is 0 Å². The van der Waals surface area contributed by atoms with Gasteiger partial charge in [-0.1, -0.05) is 207 Å². The Morgan fingerprint density at radius 3 is 0.723 bits per heavy atom. The Labute approximate surface area is 425 Å². The summed E-state index contributed by atoms with van der Waals surface area (Å²) in [4.78, 5) is 47.9. The standard InChI is InChI=1S/2C24H46O7S.Ca/c2*1-3-5-7-9-11-13-15-17-19-30-23(25)21-22(32(27,28)29)24(26)31-20-18-16-14-12-10-8-6-4-2;/h2*22H,3-21H2,1-2H3,(H,27,28,29);/q;;+2/p-2. The van der Waals surface area contributed by atoms with Crippen LogP contribution in [0.15, 0.2) is 0 Å². The van der Waals surface area contributed by atoms with Crippen LogP contribution < -0.4 is 0 Å². The Hall–Kier alpha value is -1.04. The van der Waals surface area contributed by atoms with Crippen LogP contribution in [0.5, 0.6) is 0 Å². The van der Waals surface area contributed by atoms with Crippen LogP contribution in [-0.2, 0) is 58.4 Å². The van der Waals surface area contributed by atoms with Crippen LogP contribution in [0.25, 0.3) is 0 Å². The Balaban J connectivity index is -0.00000116. The van der Waals surface area contributed by atoms with Gasteiger partial charge in [-0.3, -0.25) is 19.2 Å². The Morgan fingerprint density at radius 1 is 0.338 bits per heavy atom. The Kier molecular flexibility index (Phi) is 50.4. The second-order valence-electron chi connectivity index (χ2n) is 17.0. The van der Waals surface area contributed by atoms with E-state index in [0.29, 0.717) is 25.7 Å². The number of hydrogen-bond acceptors (Lipinski definition) is 14. The van der Waals surface area contributed by atoms with Gasteiger partial charge in [-0.25, -0.2) is 16.8 Å². The number of ether oxygens (including phenoxy) is 4. The van der Waals surface area contributed by atoms with Crippen molar-refractivity contribution in [2.24, 2.45) is 0 Å². The molecule has 2 atom stereocenters. The van der Waals surface area contributed by atoms with Crippen molar-refractivity contribution in [2.75, 3.05) is 26.4 Å². The van der Waals surface area contributed by atoms with E-state index in [2.05, 4.69) is 27.7 Å². The second-order valence-corrected chi connectivity index (χ2v) is 20.2. The number of rotatable bonds is 44. The molecule has 65 heavy (non-hydrogen) atoms. The fraction of sp³-hybridized carbons (Fsp3) is 0.917. The SMILES string of the molecule is CCCCCCCCCCOC(=O)CC(C(=O)OCCCCCCCCCC)S(=O)(=O)[O-].CCCCCCCCCCOC(=O)CC(C(=O)OCCCCCCCCCC)S(=O)(=O)[O-].[Ca+2]. The molecule has 0 fully saturated rings. The number of esters is 4. The minimum atomic E-state index is -5.00. The molecule has 17 heteroatoms. The molecule has 0 bridgehead atoms. The predicted octanol–water partition coefficient (Wildman–Crippen LogP) is 10.9. The summed E-state index contributed by atoms with van der Waals surface area (Å²) in [5, 5.41) is -4.08. The first kappa shape index (κ1) is 68.2. The number of carbonyl (C=O) groups is 4. The number of hydrogen-bond donors (Lipinski definition) is 0. The molecule has 0 saturated carbocycles. The summed E-state index contributed by atoms with van der Waals surface area (Å²) in [5.74, 6) is -4.04. The molecule has 0 heterocycles. The van der Waals surface area contributed by atoms with E-state index in [4.69, 9.17) is 18.9 Å². The molecule has 0 aromatic heterocycles. The van der Waals surface area contributed by atoms with Gasteiger partial charge in [-0.15, -0.1) is 0 Å². The summed E-state index contributed by atoms with van der Waals surface area (Å²) >= 11 is 0. The molecule has 380 valence electrons. The molecule has 0 aliphatic carbocycles. The van der Waals surface area contributed by atoms with Gasteiger partial charge in [0.05, 0.1) is 39.3 Å². The van der Waals surface area contributed by atoms with Crippen molar-refractivity contribution >= 4 is 81.9 Å². The third kappa shape index (κ3) is 46.5. The van der Waals surface area contributed by atoms with Gasteiger partial charge >= 0.3 is 61.6 Å². The van der Waals surface area contributed by atoms with Crippen molar-refractivity contribution in [3.05, 3.63) is 0 Å². The van der Waals surface area contributed by atoms with E-state index in [-0.39, 0.29) is 64.2 Å². The van der Waals surface area contributed by atoms with Gasteiger partial charge in [-0.2, -0.15) is 0 Å². The molecule has 2 unspecified atom stereocenters. The molecule has 0 saturated heterocycles.